The van der Waals surface area contributed by atoms with Gasteiger partial charge in [0.25, 0.3) is 0 Å². The van der Waals surface area contributed by atoms with Gasteiger partial charge in [0.15, 0.2) is 11.6 Å². The number of hydrogen-bond acceptors (Lipinski definition) is 4. The second-order valence-electron chi connectivity index (χ2n) is 9.25. The van der Waals surface area contributed by atoms with Crippen molar-refractivity contribution in [3.63, 3.8) is 0 Å². The third-order valence-corrected chi connectivity index (χ3v) is 6.63. The Morgan fingerprint density at radius 2 is 1.74 bits per heavy atom. The summed E-state index contributed by atoms with van der Waals surface area (Å²) in [6.07, 6.45) is 3.91. The number of carbonyl (C=O) groups is 1. The van der Waals surface area contributed by atoms with E-state index in [1.807, 2.05) is 0 Å². The molecule has 0 saturated heterocycles. The van der Waals surface area contributed by atoms with E-state index in [0.29, 0.717) is 12.2 Å². The van der Waals surface area contributed by atoms with Crippen molar-refractivity contribution in [1.29, 1.82) is 0 Å². The normalized spacial score (nSPS) is 15.0. The maximum atomic E-state index is 14.1. The number of hydrogen-bond donors (Lipinski definition) is 2. The second-order valence-corrected chi connectivity index (χ2v) is 11.0. The molecule has 1 saturated carbocycles. The monoisotopic (exact) mass is 560 g/mol. The Morgan fingerprint density at radius 3 is 2.34 bits per heavy atom. The number of benzene rings is 2. The Labute approximate surface area is 218 Å². The molecule has 0 unspecified atom stereocenters. The van der Waals surface area contributed by atoms with Gasteiger partial charge in [-0.1, -0.05) is 25.3 Å². The van der Waals surface area contributed by atoms with E-state index in [9.17, 15) is 35.2 Å². The number of alkyl halides is 3. The number of halogens is 5. The van der Waals surface area contributed by atoms with Crippen molar-refractivity contribution in [2.24, 2.45) is 5.92 Å². The summed E-state index contributed by atoms with van der Waals surface area (Å²) in [4.78, 5) is 12.3. The van der Waals surface area contributed by atoms with Crippen LogP contribution in [-0.2, 0) is 27.4 Å². The fraction of sp³-hybridized carbons (Fsp3) is 0.423. The first-order valence-corrected chi connectivity index (χ1v) is 14.0. The Kier molecular flexibility index (Phi) is 9.75. The summed E-state index contributed by atoms with van der Waals surface area (Å²) in [6.45, 7) is 0.291. The smallest absolute Gasteiger partial charge is 0.416 e. The van der Waals surface area contributed by atoms with E-state index in [2.05, 4.69) is 5.32 Å². The van der Waals surface area contributed by atoms with E-state index >= 15 is 0 Å². The summed E-state index contributed by atoms with van der Waals surface area (Å²) >= 11 is 0. The number of sulfonamides is 1. The van der Waals surface area contributed by atoms with Crippen LogP contribution in [0.15, 0.2) is 36.4 Å². The predicted octanol–water partition coefficient (Wildman–Crippen LogP) is 5.69. The molecule has 0 spiro atoms. The maximum Gasteiger partial charge on any atom is 0.416 e. The van der Waals surface area contributed by atoms with Crippen LogP contribution in [-0.4, -0.2) is 33.7 Å². The number of nitrogens with one attached hydrogen (secondary N) is 2. The van der Waals surface area contributed by atoms with E-state index in [0.717, 1.165) is 68.7 Å². The number of anilines is 1. The van der Waals surface area contributed by atoms with Crippen LogP contribution in [0.2, 0.25) is 0 Å². The van der Waals surface area contributed by atoms with E-state index in [1.165, 1.54) is 12.1 Å². The Morgan fingerprint density at radius 1 is 1.08 bits per heavy atom. The molecule has 0 aliphatic heterocycles. The molecule has 6 nitrogen and oxygen atoms in total. The van der Waals surface area contributed by atoms with Gasteiger partial charge >= 0.3 is 6.18 Å². The summed E-state index contributed by atoms with van der Waals surface area (Å²) < 4.78 is 97.9. The molecule has 38 heavy (non-hydrogen) atoms. The van der Waals surface area contributed by atoms with Crippen LogP contribution in [0.4, 0.5) is 27.6 Å². The van der Waals surface area contributed by atoms with Crippen molar-refractivity contribution in [1.82, 2.24) is 5.32 Å². The van der Waals surface area contributed by atoms with Crippen LogP contribution >= 0.6 is 0 Å². The van der Waals surface area contributed by atoms with Gasteiger partial charge in [-0.05, 0) is 61.1 Å². The summed E-state index contributed by atoms with van der Waals surface area (Å²) in [7, 11) is -3.87. The molecule has 1 aliphatic rings. The summed E-state index contributed by atoms with van der Waals surface area (Å²) in [5.41, 5.74) is -1.15. The molecular weight excluding hydrogens is 531 g/mol. The molecule has 0 radical (unpaired) electrons. The predicted molar refractivity (Wildman–Crippen MR) is 134 cm³/mol. The lowest BCUT2D eigenvalue weighted by Gasteiger charge is -2.22. The molecule has 3 rings (SSSR count). The maximum absolute atomic E-state index is 14.1. The lowest BCUT2D eigenvalue weighted by atomic mass is 9.90. The first-order chi connectivity index (χ1) is 17.8. The minimum atomic E-state index is -4.54. The quantitative estimate of drug-likeness (QED) is 0.289. The van der Waals surface area contributed by atoms with Crippen molar-refractivity contribution in [3.8, 4) is 5.75 Å². The zero-order valence-electron chi connectivity index (χ0n) is 20.7. The second kappa shape index (κ2) is 12.6. The highest BCUT2D eigenvalue weighted by Crippen LogP contribution is 2.34. The summed E-state index contributed by atoms with van der Waals surface area (Å²) in [6, 6.07) is 4.98. The topological polar surface area (TPSA) is 84.5 Å². The van der Waals surface area contributed by atoms with Gasteiger partial charge in [0.2, 0.25) is 15.9 Å². The molecule has 2 aromatic rings. The fourth-order valence-corrected chi connectivity index (χ4v) is 4.71. The molecule has 0 atom stereocenters. The lowest BCUT2D eigenvalue weighted by Crippen LogP contribution is -2.23. The highest BCUT2D eigenvalue weighted by molar-refractivity contribution is 7.92. The van der Waals surface area contributed by atoms with Crippen LogP contribution in [0.25, 0.3) is 6.08 Å². The molecular formula is C26H29F5N2O4S. The third kappa shape index (κ3) is 9.00. The molecule has 1 fully saturated rings. The molecule has 1 aliphatic carbocycles. The zero-order valence-corrected chi connectivity index (χ0v) is 21.5. The Bertz CT molecular complexity index is 1250. The van der Waals surface area contributed by atoms with Gasteiger partial charge in [0.1, 0.15) is 11.4 Å². The van der Waals surface area contributed by atoms with Gasteiger partial charge < -0.3 is 10.1 Å². The first-order valence-electron chi connectivity index (χ1n) is 12.1. The summed E-state index contributed by atoms with van der Waals surface area (Å²) in [5.74, 6) is -2.47. The van der Waals surface area contributed by atoms with E-state index in [4.69, 9.17) is 4.74 Å². The Hall–Kier alpha value is -3.15. The molecule has 0 heterocycles. The molecule has 208 valence electrons. The van der Waals surface area contributed by atoms with Crippen LogP contribution in [0.5, 0.6) is 5.75 Å². The average Bonchev–Trinajstić information content (AvgIpc) is 2.83. The molecule has 2 N–H and O–H groups in total. The average molecular weight is 561 g/mol. The van der Waals surface area contributed by atoms with Crippen LogP contribution < -0.4 is 14.8 Å². The van der Waals surface area contributed by atoms with Crippen molar-refractivity contribution >= 4 is 27.7 Å². The highest BCUT2D eigenvalue weighted by Gasteiger charge is 2.31. The molecule has 2 aromatic carbocycles. The van der Waals surface area contributed by atoms with Gasteiger partial charge in [-0.3, -0.25) is 9.52 Å². The Balaban J connectivity index is 1.62. The standard InChI is InChI=1S/C26H29F5N2O4S/c1-38(35,36)33-25-21(27)13-18(14-22(25)28)11-12-32-24(34)10-8-19-7-9-20(26(29,30)31)15-23(19)37-16-17-5-3-2-4-6-17/h7-10,13-15,17,33H,2-6,11-12,16H2,1H3,(H,32,34). The van der Waals surface area contributed by atoms with Gasteiger partial charge in [0.05, 0.1) is 18.4 Å². The van der Waals surface area contributed by atoms with Crippen molar-refractivity contribution in [3.05, 3.63) is 64.7 Å². The number of ether oxygens (including phenoxy) is 1. The largest absolute Gasteiger partial charge is 0.493 e. The van der Waals surface area contributed by atoms with Crippen molar-refractivity contribution in [2.75, 3.05) is 24.1 Å². The third-order valence-electron chi connectivity index (χ3n) is 6.06. The van der Waals surface area contributed by atoms with Crippen LogP contribution in [0.1, 0.15) is 48.8 Å². The fourth-order valence-electron chi connectivity index (χ4n) is 4.14. The summed E-state index contributed by atoms with van der Waals surface area (Å²) in [5, 5.41) is 2.53. The zero-order chi connectivity index (χ0) is 27.9. The number of carbonyl (C=O) groups excluding carboxylic acids is 1. The van der Waals surface area contributed by atoms with Crippen molar-refractivity contribution < 1.29 is 39.9 Å². The molecule has 12 heteroatoms. The molecule has 0 aromatic heterocycles. The van der Waals surface area contributed by atoms with Gasteiger partial charge in [0, 0.05) is 18.2 Å². The minimum absolute atomic E-state index is 0.00104. The number of rotatable bonds is 10. The SMILES string of the molecule is CS(=O)(=O)Nc1c(F)cc(CCNC(=O)C=Cc2ccc(C(F)(F)F)cc2OCC2CCCCC2)cc1F. The minimum Gasteiger partial charge on any atom is -0.493 e. The highest BCUT2D eigenvalue weighted by atomic mass is 32.2. The van der Waals surface area contributed by atoms with Crippen LogP contribution in [0.3, 0.4) is 0 Å². The molecule has 1 amide bonds. The van der Waals surface area contributed by atoms with Crippen LogP contribution in [0, 0.1) is 17.6 Å². The number of amides is 1. The van der Waals surface area contributed by atoms with Gasteiger partial charge in [-0.15, -0.1) is 0 Å². The van der Waals surface area contributed by atoms with Crippen molar-refractivity contribution in [2.45, 2.75) is 44.7 Å². The van der Waals surface area contributed by atoms with E-state index in [1.54, 1.807) is 4.72 Å². The molecule has 0 bridgehead atoms. The first kappa shape index (κ1) is 29.4. The lowest BCUT2D eigenvalue weighted by molar-refractivity contribution is -0.137. The van der Waals surface area contributed by atoms with E-state index < -0.39 is 45.0 Å². The van der Waals surface area contributed by atoms with Gasteiger partial charge in [-0.25, -0.2) is 17.2 Å². The van der Waals surface area contributed by atoms with E-state index in [-0.39, 0.29) is 30.2 Å². The van der Waals surface area contributed by atoms with Gasteiger partial charge in [-0.2, -0.15) is 13.2 Å².